The van der Waals surface area contributed by atoms with Crippen LogP contribution in [0.15, 0.2) is 12.4 Å². The van der Waals surface area contributed by atoms with Gasteiger partial charge in [-0.05, 0) is 19.3 Å². The third kappa shape index (κ3) is 2.79. The Morgan fingerprint density at radius 1 is 1.41 bits per heavy atom. The van der Waals surface area contributed by atoms with Crippen LogP contribution in [-0.4, -0.2) is 39.9 Å². The molecule has 0 bridgehead atoms. The predicted octanol–water partition coefficient (Wildman–Crippen LogP) is 0.594. The summed E-state index contributed by atoms with van der Waals surface area (Å²) in [4.78, 5) is 22.1. The van der Waals surface area contributed by atoms with Crippen molar-refractivity contribution in [2.75, 3.05) is 13.1 Å². The second kappa shape index (κ2) is 4.79. The minimum Gasteiger partial charge on any atom is -0.335 e. The van der Waals surface area contributed by atoms with Crippen molar-refractivity contribution in [1.82, 2.24) is 14.9 Å². The highest BCUT2D eigenvalue weighted by Gasteiger charge is 2.27. The highest BCUT2D eigenvalue weighted by atomic mass is 16.2. The number of rotatable bonds is 1. The van der Waals surface area contributed by atoms with Crippen LogP contribution in [0.25, 0.3) is 0 Å². The molecule has 92 valence electrons. The Kier molecular flexibility index (Phi) is 3.38. The number of amides is 1. The van der Waals surface area contributed by atoms with Crippen LogP contribution in [0.1, 0.15) is 29.5 Å². The summed E-state index contributed by atoms with van der Waals surface area (Å²) < 4.78 is 0. The molecular formula is C12H18N4O. The van der Waals surface area contributed by atoms with Gasteiger partial charge in [-0.3, -0.25) is 9.78 Å². The number of nitrogens with zero attached hydrogens (tertiary/aromatic N) is 3. The van der Waals surface area contributed by atoms with E-state index in [1.54, 1.807) is 11.1 Å². The lowest BCUT2D eigenvalue weighted by atomic mass is 9.96. The van der Waals surface area contributed by atoms with E-state index >= 15 is 0 Å². The van der Waals surface area contributed by atoms with Gasteiger partial charge >= 0.3 is 0 Å². The largest absolute Gasteiger partial charge is 0.335 e. The zero-order chi connectivity index (χ0) is 12.4. The minimum absolute atomic E-state index is 0.0699. The van der Waals surface area contributed by atoms with Gasteiger partial charge in [0.05, 0.1) is 11.9 Å². The molecule has 2 N–H and O–H groups in total. The van der Waals surface area contributed by atoms with Gasteiger partial charge in [-0.15, -0.1) is 0 Å². The molecule has 0 aliphatic carbocycles. The van der Waals surface area contributed by atoms with Crippen LogP contribution in [0.3, 0.4) is 0 Å². The van der Waals surface area contributed by atoms with E-state index in [1.807, 2.05) is 6.92 Å². The molecule has 17 heavy (non-hydrogen) atoms. The third-order valence-corrected chi connectivity index (χ3v) is 2.98. The third-order valence-electron chi connectivity index (χ3n) is 2.98. The number of nitrogens with two attached hydrogens (primary N) is 1. The average molecular weight is 234 g/mol. The molecule has 1 aromatic heterocycles. The van der Waals surface area contributed by atoms with Crippen LogP contribution < -0.4 is 5.73 Å². The van der Waals surface area contributed by atoms with Gasteiger partial charge in [0, 0.05) is 25.3 Å². The zero-order valence-electron chi connectivity index (χ0n) is 10.3. The van der Waals surface area contributed by atoms with Gasteiger partial charge in [-0.1, -0.05) is 6.92 Å². The maximum Gasteiger partial charge on any atom is 0.274 e. The Bertz CT molecular complexity index is 393. The molecule has 5 heteroatoms. The molecule has 1 amide bonds. The summed E-state index contributed by atoms with van der Waals surface area (Å²) in [5, 5.41) is 0. The van der Waals surface area contributed by atoms with Crippen molar-refractivity contribution in [3.05, 3.63) is 23.8 Å². The van der Waals surface area contributed by atoms with Crippen LogP contribution in [0.4, 0.5) is 0 Å². The number of hydrogen-bond acceptors (Lipinski definition) is 4. The number of hydrogen-bond donors (Lipinski definition) is 1. The Morgan fingerprint density at radius 3 is 2.76 bits per heavy atom. The van der Waals surface area contributed by atoms with E-state index in [4.69, 9.17) is 5.73 Å². The first kappa shape index (κ1) is 12.0. The van der Waals surface area contributed by atoms with Crippen molar-refractivity contribution in [3.8, 4) is 0 Å². The van der Waals surface area contributed by atoms with E-state index < -0.39 is 0 Å². The molecule has 1 aliphatic heterocycles. The summed E-state index contributed by atoms with van der Waals surface area (Å²) in [7, 11) is 0. The lowest BCUT2D eigenvalue weighted by Gasteiger charge is -2.34. The molecule has 2 heterocycles. The van der Waals surface area contributed by atoms with Crippen LogP contribution in [0.2, 0.25) is 0 Å². The first-order valence-corrected chi connectivity index (χ1v) is 5.89. The molecule has 1 fully saturated rings. The highest BCUT2D eigenvalue weighted by Crippen LogP contribution is 2.16. The van der Waals surface area contributed by atoms with E-state index in [0.717, 1.165) is 18.7 Å². The Morgan fingerprint density at radius 2 is 2.18 bits per heavy atom. The quantitative estimate of drug-likeness (QED) is 0.772. The van der Waals surface area contributed by atoms with Gasteiger partial charge in [0.25, 0.3) is 5.91 Å². The maximum absolute atomic E-state index is 12.2. The summed E-state index contributed by atoms with van der Waals surface area (Å²) in [6.45, 7) is 5.32. The lowest BCUT2D eigenvalue weighted by molar-refractivity contribution is 0.0654. The minimum atomic E-state index is -0.0699. The number of piperidine rings is 1. The highest BCUT2D eigenvalue weighted by molar-refractivity contribution is 5.92. The van der Waals surface area contributed by atoms with Crippen LogP contribution >= 0.6 is 0 Å². The maximum atomic E-state index is 12.2. The normalized spacial score (nSPS) is 24.8. The standard InChI is InChI=1S/C12H18N4O/c1-8-3-10(13)7-16(6-8)12(17)11-5-14-9(2)4-15-11/h4-5,8,10H,3,6-7,13H2,1-2H3. The summed E-state index contributed by atoms with van der Waals surface area (Å²) in [6.07, 6.45) is 4.12. The first-order chi connectivity index (χ1) is 8.06. The summed E-state index contributed by atoms with van der Waals surface area (Å²) in [5.41, 5.74) is 7.14. The summed E-state index contributed by atoms with van der Waals surface area (Å²) in [5.74, 6) is 0.376. The van der Waals surface area contributed by atoms with Gasteiger partial charge in [0.1, 0.15) is 5.69 Å². The van der Waals surface area contributed by atoms with Crippen molar-refractivity contribution in [1.29, 1.82) is 0 Å². The second-order valence-corrected chi connectivity index (χ2v) is 4.85. The topological polar surface area (TPSA) is 72.1 Å². The number of carbonyl (C=O) groups excluding carboxylic acids is 1. The molecule has 0 saturated carbocycles. The SMILES string of the molecule is Cc1cnc(C(=O)N2CC(C)CC(N)C2)cn1. The van der Waals surface area contributed by atoms with Crippen LogP contribution in [0, 0.1) is 12.8 Å². The summed E-state index contributed by atoms with van der Waals surface area (Å²) >= 11 is 0. The molecule has 0 aromatic carbocycles. The first-order valence-electron chi connectivity index (χ1n) is 5.89. The molecule has 5 nitrogen and oxygen atoms in total. The fourth-order valence-electron chi connectivity index (χ4n) is 2.23. The predicted molar refractivity (Wildman–Crippen MR) is 64.4 cm³/mol. The zero-order valence-corrected chi connectivity index (χ0v) is 10.3. The molecule has 2 atom stereocenters. The summed E-state index contributed by atoms with van der Waals surface area (Å²) in [6, 6.07) is 0.0705. The Hall–Kier alpha value is -1.49. The van der Waals surface area contributed by atoms with E-state index in [-0.39, 0.29) is 11.9 Å². The molecule has 0 radical (unpaired) electrons. The van der Waals surface area contributed by atoms with Gasteiger partial charge in [0.2, 0.25) is 0 Å². The molecule has 2 rings (SSSR count). The molecule has 1 aromatic rings. The van der Waals surface area contributed by atoms with E-state index in [0.29, 0.717) is 18.2 Å². The average Bonchev–Trinajstić information content (AvgIpc) is 2.28. The molecule has 1 aliphatic rings. The number of carbonyl (C=O) groups is 1. The second-order valence-electron chi connectivity index (χ2n) is 4.85. The van der Waals surface area contributed by atoms with Crippen LogP contribution in [0.5, 0.6) is 0 Å². The van der Waals surface area contributed by atoms with Gasteiger partial charge in [-0.25, -0.2) is 4.98 Å². The fourth-order valence-corrected chi connectivity index (χ4v) is 2.23. The number of likely N-dealkylation sites (tertiary alicyclic amines) is 1. The smallest absolute Gasteiger partial charge is 0.274 e. The molecular weight excluding hydrogens is 216 g/mol. The fraction of sp³-hybridized carbons (Fsp3) is 0.583. The van der Waals surface area contributed by atoms with Crippen molar-refractivity contribution in [3.63, 3.8) is 0 Å². The monoisotopic (exact) mass is 234 g/mol. The van der Waals surface area contributed by atoms with E-state index in [2.05, 4.69) is 16.9 Å². The van der Waals surface area contributed by atoms with E-state index in [9.17, 15) is 4.79 Å². The molecule has 1 saturated heterocycles. The van der Waals surface area contributed by atoms with Crippen molar-refractivity contribution < 1.29 is 4.79 Å². The van der Waals surface area contributed by atoms with Crippen LogP contribution in [-0.2, 0) is 0 Å². The lowest BCUT2D eigenvalue weighted by Crippen LogP contribution is -2.49. The Balaban J connectivity index is 2.11. The number of aryl methyl sites for hydroxylation is 1. The van der Waals surface area contributed by atoms with Gasteiger partial charge in [-0.2, -0.15) is 0 Å². The van der Waals surface area contributed by atoms with E-state index in [1.165, 1.54) is 6.20 Å². The van der Waals surface area contributed by atoms with Gasteiger partial charge < -0.3 is 10.6 Å². The molecule has 2 unspecified atom stereocenters. The Labute approximate surface area is 101 Å². The molecule has 0 spiro atoms. The van der Waals surface area contributed by atoms with Crippen molar-refractivity contribution >= 4 is 5.91 Å². The van der Waals surface area contributed by atoms with Gasteiger partial charge in [0.15, 0.2) is 0 Å². The number of aromatic nitrogens is 2. The van der Waals surface area contributed by atoms with Crippen molar-refractivity contribution in [2.45, 2.75) is 26.3 Å². The van der Waals surface area contributed by atoms with Crippen molar-refractivity contribution in [2.24, 2.45) is 11.7 Å².